The number of hydrogen-bond acceptors (Lipinski definition) is 3. The highest BCUT2D eigenvalue weighted by molar-refractivity contribution is 5.32. The molecule has 0 aliphatic heterocycles. The van der Waals surface area contributed by atoms with Crippen LogP contribution in [0.3, 0.4) is 0 Å². The second-order valence-corrected chi connectivity index (χ2v) is 5.84. The van der Waals surface area contributed by atoms with Crippen LogP contribution in [0.15, 0.2) is 36.5 Å². The van der Waals surface area contributed by atoms with Crippen molar-refractivity contribution in [3.05, 3.63) is 59.2 Å². The molecule has 1 aromatic heterocycles. The lowest BCUT2D eigenvalue weighted by Crippen LogP contribution is -2.28. The molecule has 0 saturated heterocycles. The molecule has 1 unspecified atom stereocenters. The zero-order chi connectivity index (χ0) is 14.7. The van der Waals surface area contributed by atoms with E-state index in [1.807, 2.05) is 12.3 Å². The van der Waals surface area contributed by atoms with Gasteiger partial charge in [-0.3, -0.25) is 4.90 Å². The van der Waals surface area contributed by atoms with Crippen molar-refractivity contribution in [1.29, 1.82) is 0 Å². The molecule has 0 saturated carbocycles. The van der Waals surface area contributed by atoms with Crippen LogP contribution in [0.25, 0.3) is 0 Å². The summed E-state index contributed by atoms with van der Waals surface area (Å²) >= 11 is 0. The summed E-state index contributed by atoms with van der Waals surface area (Å²) < 4.78 is 0. The summed E-state index contributed by atoms with van der Waals surface area (Å²) in [6.45, 7) is 2.98. The second-order valence-electron chi connectivity index (χ2n) is 5.84. The summed E-state index contributed by atoms with van der Waals surface area (Å²) in [6.07, 6.45) is 6.50. The third-order valence-corrected chi connectivity index (χ3v) is 4.36. The molecular formula is C18H23N3. The molecule has 1 aliphatic rings. The fourth-order valence-corrected chi connectivity index (χ4v) is 3.25. The van der Waals surface area contributed by atoms with Gasteiger partial charge in [-0.1, -0.05) is 31.2 Å². The molecule has 3 nitrogen and oxygen atoms in total. The van der Waals surface area contributed by atoms with Gasteiger partial charge in [-0.05, 0) is 43.5 Å². The second kappa shape index (κ2) is 6.35. The highest BCUT2D eigenvalue weighted by atomic mass is 15.1. The topological polar surface area (TPSA) is 29.0 Å². The number of rotatable bonds is 4. The van der Waals surface area contributed by atoms with Gasteiger partial charge in [0, 0.05) is 25.2 Å². The molecule has 0 fully saturated rings. The van der Waals surface area contributed by atoms with Crippen LogP contribution >= 0.6 is 0 Å². The molecule has 2 aromatic rings. The van der Waals surface area contributed by atoms with Crippen molar-refractivity contribution in [3.63, 3.8) is 0 Å². The summed E-state index contributed by atoms with van der Waals surface area (Å²) in [5.74, 6) is 0.935. The summed E-state index contributed by atoms with van der Waals surface area (Å²) in [7, 11) is 2.21. The molecule has 1 atom stereocenters. The van der Waals surface area contributed by atoms with E-state index in [1.165, 1.54) is 30.4 Å². The predicted molar refractivity (Wildman–Crippen MR) is 85.0 cm³/mol. The molecule has 0 bridgehead atoms. The third-order valence-electron chi connectivity index (χ3n) is 4.36. The van der Waals surface area contributed by atoms with Crippen LogP contribution in [0.4, 0.5) is 0 Å². The van der Waals surface area contributed by atoms with Crippen LogP contribution in [-0.2, 0) is 19.4 Å². The molecular weight excluding hydrogens is 258 g/mol. The van der Waals surface area contributed by atoms with Gasteiger partial charge >= 0.3 is 0 Å². The number of fused-ring (bicyclic) bond motifs is 1. The lowest BCUT2D eigenvalue weighted by Gasteiger charge is -2.33. The van der Waals surface area contributed by atoms with E-state index in [1.54, 1.807) is 0 Å². The Labute approximate surface area is 127 Å². The monoisotopic (exact) mass is 281 g/mol. The zero-order valence-electron chi connectivity index (χ0n) is 12.9. The molecule has 1 heterocycles. The lowest BCUT2D eigenvalue weighted by molar-refractivity contribution is 0.211. The van der Waals surface area contributed by atoms with Crippen LogP contribution in [0.5, 0.6) is 0 Å². The van der Waals surface area contributed by atoms with Crippen molar-refractivity contribution >= 4 is 0 Å². The van der Waals surface area contributed by atoms with Gasteiger partial charge < -0.3 is 0 Å². The molecule has 0 N–H and O–H groups in total. The highest BCUT2D eigenvalue weighted by Crippen LogP contribution is 2.33. The van der Waals surface area contributed by atoms with Crippen molar-refractivity contribution in [1.82, 2.24) is 14.9 Å². The molecule has 0 spiro atoms. The molecule has 3 heteroatoms. The first-order valence-electron chi connectivity index (χ1n) is 7.86. The lowest BCUT2D eigenvalue weighted by atomic mass is 9.87. The Morgan fingerprint density at radius 1 is 1.24 bits per heavy atom. The van der Waals surface area contributed by atoms with Crippen molar-refractivity contribution in [2.24, 2.45) is 0 Å². The maximum atomic E-state index is 4.63. The van der Waals surface area contributed by atoms with E-state index in [4.69, 9.17) is 0 Å². The SMILES string of the molecule is CCc1nccc(CN(C)C2CCCc3ccccc32)n1. The fraction of sp³-hybridized carbons (Fsp3) is 0.444. The van der Waals surface area contributed by atoms with Crippen molar-refractivity contribution in [3.8, 4) is 0 Å². The Balaban J connectivity index is 1.78. The first-order valence-corrected chi connectivity index (χ1v) is 7.86. The normalized spacial score (nSPS) is 17.8. The van der Waals surface area contributed by atoms with E-state index in [0.29, 0.717) is 6.04 Å². The Bertz CT molecular complexity index is 609. The van der Waals surface area contributed by atoms with Gasteiger partial charge in [0.15, 0.2) is 0 Å². The maximum absolute atomic E-state index is 4.63. The molecule has 0 amide bonds. The van der Waals surface area contributed by atoms with Crippen molar-refractivity contribution in [2.75, 3.05) is 7.05 Å². The van der Waals surface area contributed by atoms with E-state index in [9.17, 15) is 0 Å². The molecule has 3 rings (SSSR count). The first-order chi connectivity index (χ1) is 10.3. The summed E-state index contributed by atoms with van der Waals surface area (Å²) in [5.41, 5.74) is 4.13. The molecule has 110 valence electrons. The minimum absolute atomic E-state index is 0.509. The Morgan fingerprint density at radius 3 is 2.95 bits per heavy atom. The summed E-state index contributed by atoms with van der Waals surface area (Å²) in [4.78, 5) is 11.3. The van der Waals surface area contributed by atoms with Gasteiger partial charge in [-0.2, -0.15) is 0 Å². The van der Waals surface area contributed by atoms with E-state index in [0.717, 1.165) is 24.5 Å². The quantitative estimate of drug-likeness (QED) is 0.858. The number of benzene rings is 1. The first kappa shape index (κ1) is 14.2. The summed E-state index contributed by atoms with van der Waals surface area (Å²) in [5, 5.41) is 0. The van der Waals surface area contributed by atoms with Gasteiger partial charge in [0.1, 0.15) is 5.82 Å². The third kappa shape index (κ3) is 3.13. The smallest absolute Gasteiger partial charge is 0.128 e. The molecule has 1 aromatic carbocycles. The largest absolute Gasteiger partial charge is 0.294 e. The van der Waals surface area contributed by atoms with E-state index in [2.05, 4.69) is 53.1 Å². The number of aromatic nitrogens is 2. The Kier molecular flexibility index (Phi) is 4.30. The van der Waals surface area contributed by atoms with Gasteiger partial charge in [0.25, 0.3) is 0 Å². The number of aryl methyl sites for hydroxylation is 2. The predicted octanol–water partition coefficient (Wildman–Crippen LogP) is 3.55. The van der Waals surface area contributed by atoms with Crippen molar-refractivity contribution in [2.45, 2.75) is 45.2 Å². The van der Waals surface area contributed by atoms with Gasteiger partial charge in [-0.15, -0.1) is 0 Å². The average molecular weight is 281 g/mol. The maximum Gasteiger partial charge on any atom is 0.128 e. The van der Waals surface area contributed by atoms with Crippen LogP contribution in [0.1, 0.15) is 48.5 Å². The Hall–Kier alpha value is -1.74. The van der Waals surface area contributed by atoms with Crippen LogP contribution in [0.2, 0.25) is 0 Å². The fourth-order valence-electron chi connectivity index (χ4n) is 3.25. The molecule has 21 heavy (non-hydrogen) atoms. The van der Waals surface area contributed by atoms with Gasteiger partial charge in [0.2, 0.25) is 0 Å². The van der Waals surface area contributed by atoms with Crippen molar-refractivity contribution < 1.29 is 0 Å². The number of hydrogen-bond donors (Lipinski definition) is 0. The standard InChI is InChI=1S/C18H23N3/c1-3-18-19-12-11-15(20-18)13-21(2)17-10-6-8-14-7-4-5-9-16(14)17/h4-5,7,9,11-12,17H,3,6,8,10,13H2,1-2H3. The zero-order valence-corrected chi connectivity index (χ0v) is 12.9. The summed E-state index contributed by atoms with van der Waals surface area (Å²) in [6, 6.07) is 11.4. The van der Waals surface area contributed by atoms with E-state index >= 15 is 0 Å². The van der Waals surface area contributed by atoms with Gasteiger partial charge in [-0.25, -0.2) is 9.97 Å². The van der Waals surface area contributed by atoms with Gasteiger partial charge in [0.05, 0.1) is 5.69 Å². The van der Waals surface area contributed by atoms with Crippen LogP contribution < -0.4 is 0 Å². The molecule has 1 aliphatic carbocycles. The van der Waals surface area contributed by atoms with E-state index < -0.39 is 0 Å². The van der Waals surface area contributed by atoms with Crippen LogP contribution in [-0.4, -0.2) is 21.9 Å². The van der Waals surface area contributed by atoms with Crippen LogP contribution in [0, 0.1) is 0 Å². The average Bonchev–Trinajstić information content (AvgIpc) is 2.54. The Morgan fingerprint density at radius 2 is 2.10 bits per heavy atom. The molecule has 0 radical (unpaired) electrons. The van der Waals surface area contributed by atoms with E-state index in [-0.39, 0.29) is 0 Å². The minimum atomic E-state index is 0.509. The minimum Gasteiger partial charge on any atom is -0.294 e. The number of nitrogens with zero attached hydrogens (tertiary/aromatic N) is 3. The highest BCUT2D eigenvalue weighted by Gasteiger charge is 2.23.